The fraction of sp³-hybridized carbons (Fsp3) is 0.333. The van der Waals surface area contributed by atoms with Gasteiger partial charge in [0.05, 0.1) is 6.54 Å². The van der Waals surface area contributed by atoms with Crippen LogP contribution in [-0.2, 0) is 18.4 Å². The van der Waals surface area contributed by atoms with E-state index in [2.05, 4.69) is 15.3 Å². The lowest BCUT2D eigenvalue weighted by Crippen LogP contribution is -2.32. The number of hydrogen-bond donors (Lipinski definition) is 4. The van der Waals surface area contributed by atoms with E-state index in [1.807, 2.05) is 0 Å². The quantitative estimate of drug-likeness (QED) is 0.395. The number of carboxylic acid groups (broad SMARTS) is 1. The maximum absolute atomic E-state index is 12.4. The van der Waals surface area contributed by atoms with Gasteiger partial charge < -0.3 is 24.8 Å². The third-order valence-electron chi connectivity index (χ3n) is 4.37. The molecule has 0 bridgehead atoms. The number of ether oxygens (including phenoxy) is 1. The number of carbonyl (C=O) groups is 1. The van der Waals surface area contributed by atoms with Crippen molar-refractivity contribution < 1.29 is 19.7 Å². The predicted octanol–water partition coefficient (Wildman–Crippen LogP) is 0.402. The van der Waals surface area contributed by atoms with Crippen molar-refractivity contribution in [2.24, 2.45) is 7.05 Å². The van der Waals surface area contributed by atoms with E-state index in [4.69, 9.17) is 16.3 Å². The average Bonchev–Trinajstić information content (AvgIpc) is 3.04. The van der Waals surface area contributed by atoms with E-state index >= 15 is 0 Å². The summed E-state index contributed by atoms with van der Waals surface area (Å²) in [5, 5.41) is 22.8. The van der Waals surface area contributed by atoms with E-state index in [0.29, 0.717) is 10.8 Å². The van der Waals surface area contributed by atoms with E-state index in [9.17, 15) is 24.6 Å². The molecule has 2 aromatic heterocycles. The summed E-state index contributed by atoms with van der Waals surface area (Å²) in [5.41, 5.74) is -1.30. The number of H-pyrrole nitrogens is 1. The lowest BCUT2D eigenvalue weighted by Gasteiger charge is -2.17. The molecular formula is C18H20ClN5O6. The van der Waals surface area contributed by atoms with Gasteiger partial charge in [-0.15, -0.1) is 0 Å². The molecule has 3 rings (SSSR count). The Morgan fingerprint density at radius 1 is 1.33 bits per heavy atom. The molecule has 0 unspecified atom stereocenters. The van der Waals surface area contributed by atoms with Crippen LogP contribution in [-0.4, -0.2) is 54.0 Å². The lowest BCUT2D eigenvalue weighted by molar-refractivity contribution is -0.137. The molecule has 30 heavy (non-hydrogen) atoms. The van der Waals surface area contributed by atoms with Crippen molar-refractivity contribution in [1.29, 1.82) is 0 Å². The van der Waals surface area contributed by atoms with Crippen molar-refractivity contribution in [2.75, 3.05) is 11.9 Å². The molecule has 11 nitrogen and oxygen atoms in total. The zero-order valence-electron chi connectivity index (χ0n) is 16.1. The van der Waals surface area contributed by atoms with Crippen molar-refractivity contribution in [3.05, 3.63) is 50.1 Å². The summed E-state index contributed by atoms with van der Waals surface area (Å²) in [6.45, 7) is 1.15. The number of anilines is 1. The van der Waals surface area contributed by atoms with Crippen LogP contribution in [0, 0.1) is 0 Å². The van der Waals surface area contributed by atoms with Crippen molar-refractivity contribution in [3.63, 3.8) is 0 Å². The Morgan fingerprint density at radius 2 is 2.00 bits per heavy atom. The molecule has 0 amide bonds. The second-order valence-corrected chi connectivity index (χ2v) is 7.10. The van der Waals surface area contributed by atoms with E-state index in [0.717, 1.165) is 4.57 Å². The fourth-order valence-electron chi connectivity index (χ4n) is 2.76. The van der Waals surface area contributed by atoms with E-state index in [-0.39, 0.29) is 30.3 Å². The summed E-state index contributed by atoms with van der Waals surface area (Å²) < 4.78 is 7.97. The smallest absolute Gasteiger partial charge is 0.329 e. The standard InChI is InChI=1S/C18H20ClN5O6/c1-9(16(27)28)20-17-21-14-13(15(26)22-18(29)23(14)2)24(17)7-11(25)8-30-12-5-3-10(19)4-6-12/h3-6,9,11,25H,7-8H2,1-2H3,(H,20,21)(H,27,28)(H,22,26,29)/t9-,11-/m0/s1. The van der Waals surface area contributed by atoms with Gasteiger partial charge in [0, 0.05) is 12.1 Å². The lowest BCUT2D eigenvalue weighted by atomic mass is 10.3. The number of benzene rings is 1. The molecule has 0 aliphatic carbocycles. The number of aliphatic carboxylic acids is 1. The number of hydrogen-bond acceptors (Lipinski definition) is 7. The summed E-state index contributed by atoms with van der Waals surface area (Å²) in [4.78, 5) is 41.9. The number of imidazole rings is 1. The second kappa shape index (κ2) is 8.59. The summed E-state index contributed by atoms with van der Waals surface area (Å²) in [6, 6.07) is 5.54. The Morgan fingerprint density at radius 3 is 2.63 bits per heavy atom. The number of aromatic amines is 1. The van der Waals surface area contributed by atoms with Crippen molar-refractivity contribution in [1.82, 2.24) is 19.1 Å². The monoisotopic (exact) mass is 437 g/mol. The Labute approximate surface area is 174 Å². The average molecular weight is 438 g/mol. The van der Waals surface area contributed by atoms with Gasteiger partial charge in [-0.05, 0) is 31.2 Å². The van der Waals surface area contributed by atoms with Crippen LogP contribution >= 0.6 is 11.6 Å². The molecule has 12 heteroatoms. The van der Waals surface area contributed by atoms with E-state index in [1.165, 1.54) is 18.5 Å². The van der Waals surface area contributed by atoms with Crippen LogP contribution in [0.1, 0.15) is 6.92 Å². The fourth-order valence-corrected chi connectivity index (χ4v) is 2.89. The summed E-state index contributed by atoms with van der Waals surface area (Å²) in [5.74, 6) is -0.618. The second-order valence-electron chi connectivity index (χ2n) is 6.66. The highest BCUT2D eigenvalue weighted by atomic mass is 35.5. The van der Waals surface area contributed by atoms with Crippen LogP contribution in [0.4, 0.5) is 5.95 Å². The molecule has 2 heterocycles. The number of aliphatic hydroxyl groups is 1. The van der Waals surface area contributed by atoms with E-state index < -0.39 is 29.4 Å². The summed E-state index contributed by atoms with van der Waals surface area (Å²) in [6.07, 6.45) is -1.07. The number of aryl methyl sites for hydroxylation is 1. The number of rotatable bonds is 8. The van der Waals surface area contributed by atoms with Crippen LogP contribution < -0.4 is 21.3 Å². The maximum atomic E-state index is 12.4. The highest BCUT2D eigenvalue weighted by molar-refractivity contribution is 6.30. The van der Waals surface area contributed by atoms with E-state index in [1.54, 1.807) is 24.3 Å². The van der Waals surface area contributed by atoms with Crippen LogP contribution in [0.15, 0.2) is 33.9 Å². The number of nitrogens with one attached hydrogen (secondary N) is 2. The minimum absolute atomic E-state index is 0.0164. The minimum Gasteiger partial charge on any atom is -0.491 e. The minimum atomic E-state index is -1.14. The molecule has 0 aliphatic rings. The highest BCUT2D eigenvalue weighted by Crippen LogP contribution is 2.18. The topological polar surface area (TPSA) is 151 Å². The van der Waals surface area contributed by atoms with Gasteiger partial charge >= 0.3 is 11.7 Å². The number of carboxylic acids is 1. The largest absolute Gasteiger partial charge is 0.491 e. The SMILES string of the molecule is C[C@H](Nc1nc2c(c(=O)[nH]c(=O)n2C)n1C[C@H](O)COc1ccc(Cl)cc1)C(=O)O. The molecular weight excluding hydrogens is 418 g/mol. The van der Waals surface area contributed by atoms with Gasteiger partial charge in [0.15, 0.2) is 11.2 Å². The normalized spacial score (nSPS) is 13.2. The zero-order valence-corrected chi connectivity index (χ0v) is 16.9. The van der Waals surface area contributed by atoms with Gasteiger partial charge in [-0.25, -0.2) is 4.79 Å². The van der Waals surface area contributed by atoms with Gasteiger partial charge in [0.2, 0.25) is 5.95 Å². The van der Waals surface area contributed by atoms with Gasteiger partial charge in [-0.1, -0.05) is 11.6 Å². The molecule has 0 aliphatic heterocycles. The first-order valence-corrected chi connectivity index (χ1v) is 9.30. The van der Waals surface area contributed by atoms with Crippen LogP contribution in [0.2, 0.25) is 5.02 Å². The Hall–Kier alpha value is -3.31. The Balaban J connectivity index is 1.92. The molecule has 0 saturated carbocycles. The predicted molar refractivity (Wildman–Crippen MR) is 109 cm³/mol. The zero-order chi connectivity index (χ0) is 22.0. The Bertz CT molecular complexity index is 1180. The maximum Gasteiger partial charge on any atom is 0.329 e. The van der Waals surface area contributed by atoms with Crippen LogP contribution in [0.25, 0.3) is 11.2 Å². The molecule has 1 aromatic carbocycles. The van der Waals surface area contributed by atoms with Gasteiger partial charge in [-0.3, -0.25) is 19.1 Å². The van der Waals surface area contributed by atoms with Crippen molar-refractivity contribution in [2.45, 2.75) is 25.6 Å². The molecule has 0 fully saturated rings. The molecule has 0 saturated heterocycles. The van der Waals surface area contributed by atoms with Crippen molar-refractivity contribution >= 4 is 34.7 Å². The third-order valence-corrected chi connectivity index (χ3v) is 4.62. The number of aliphatic hydroxyl groups excluding tert-OH is 1. The highest BCUT2D eigenvalue weighted by Gasteiger charge is 2.22. The third kappa shape index (κ3) is 4.47. The van der Waals surface area contributed by atoms with Crippen LogP contribution in [0.3, 0.4) is 0 Å². The number of fused-ring (bicyclic) bond motifs is 1. The summed E-state index contributed by atoms with van der Waals surface area (Å²) >= 11 is 5.82. The van der Waals surface area contributed by atoms with Gasteiger partial charge in [0.1, 0.15) is 24.5 Å². The first-order chi connectivity index (χ1) is 14.2. The first kappa shape index (κ1) is 21.4. The summed E-state index contributed by atoms with van der Waals surface area (Å²) in [7, 11) is 1.42. The molecule has 4 N–H and O–H groups in total. The Kier molecular flexibility index (Phi) is 6.13. The molecule has 0 spiro atoms. The first-order valence-electron chi connectivity index (χ1n) is 8.92. The number of nitrogens with zero attached hydrogens (tertiary/aromatic N) is 3. The van der Waals surface area contributed by atoms with Gasteiger partial charge in [-0.2, -0.15) is 4.98 Å². The van der Waals surface area contributed by atoms with Crippen LogP contribution in [0.5, 0.6) is 5.75 Å². The number of aromatic nitrogens is 4. The molecule has 2 atom stereocenters. The van der Waals surface area contributed by atoms with Crippen molar-refractivity contribution in [3.8, 4) is 5.75 Å². The molecule has 160 valence electrons. The molecule has 0 radical (unpaired) electrons. The number of halogens is 1. The molecule has 3 aromatic rings. The van der Waals surface area contributed by atoms with Gasteiger partial charge in [0.25, 0.3) is 5.56 Å².